The van der Waals surface area contributed by atoms with Crippen LogP contribution in [0.2, 0.25) is 0 Å². The lowest BCUT2D eigenvalue weighted by atomic mass is 10.0. The third kappa shape index (κ3) is 3.25. The summed E-state index contributed by atoms with van der Waals surface area (Å²) in [7, 11) is 0. The maximum absolute atomic E-state index is 13.7. The molecular formula is C18H17FO4. The Hall–Kier alpha value is -2.24. The van der Waals surface area contributed by atoms with E-state index in [1.165, 1.54) is 0 Å². The minimum Gasteiger partial charge on any atom is -0.453 e. The highest BCUT2D eigenvalue weighted by atomic mass is 19.1. The second-order valence-electron chi connectivity index (χ2n) is 5.49. The van der Waals surface area contributed by atoms with Crippen LogP contribution >= 0.6 is 0 Å². The molecule has 2 aromatic rings. The number of hydrogen-bond donors (Lipinski definition) is 1. The van der Waals surface area contributed by atoms with Gasteiger partial charge in [0.2, 0.25) is 0 Å². The summed E-state index contributed by atoms with van der Waals surface area (Å²) in [5.41, 5.74) is 2.33. The molecule has 1 heterocycles. The molecule has 3 rings (SSSR count). The van der Waals surface area contributed by atoms with Crippen LogP contribution in [-0.2, 0) is 9.47 Å². The minimum atomic E-state index is -1.74. The maximum Gasteiger partial charge on any atom is 0.338 e. The second-order valence-corrected chi connectivity index (χ2v) is 5.49. The summed E-state index contributed by atoms with van der Waals surface area (Å²) in [5.74, 6) is -0.637. The first-order valence-corrected chi connectivity index (χ1v) is 7.40. The van der Waals surface area contributed by atoms with Crippen LogP contribution in [-0.4, -0.2) is 35.7 Å². The van der Waals surface area contributed by atoms with Crippen molar-refractivity contribution in [3.8, 4) is 11.1 Å². The van der Waals surface area contributed by atoms with E-state index in [9.17, 15) is 14.3 Å². The number of carbonyl (C=O) groups is 1. The molecule has 23 heavy (non-hydrogen) atoms. The van der Waals surface area contributed by atoms with Crippen molar-refractivity contribution < 1.29 is 23.8 Å². The van der Waals surface area contributed by atoms with Gasteiger partial charge in [-0.2, -0.15) is 0 Å². The quantitative estimate of drug-likeness (QED) is 0.885. The lowest BCUT2D eigenvalue weighted by molar-refractivity contribution is -0.108. The molecule has 1 N–H and O–H groups in total. The molecule has 2 aromatic carbocycles. The van der Waals surface area contributed by atoms with Crippen molar-refractivity contribution in [3.05, 3.63) is 60.2 Å². The molecule has 5 heteroatoms. The van der Waals surface area contributed by atoms with Gasteiger partial charge in [0.15, 0.2) is 18.6 Å². The Morgan fingerprint density at radius 2 is 1.70 bits per heavy atom. The molecule has 0 aliphatic carbocycles. The molecule has 1 aliphatic rings. The first kappa shape index (κ1) is 15.6. The van der Waals surface area contributed by atoms with Gasteiger partial charge in [-0.25, -0.2) is 9.18 Å². The van der Waals surface area contributed by atoms with Crippen LogP contribution in [0.15, 0.2) is 54.6 Å². The molecule has 0 spiro atoms. The molecule has 0 bridgehead atoms. The van der Waals surface area contributed by atoms with E-state index < -0.39 is 30.6 Å². The van der Waals surface area contributed by atoms with Gasteiger partial charge in [-0.1, -0.05) is 42.5 Å². The summed E-state index contributed by atoms with van der Waals surface area (Å²) >= 11 is 0. The molecular weight excluding hydrogens is 299 g/mol. The van der Waals surface area contributed by atoms with Crippen LogP contribution in [0.25, 0.3) is 11.1 Å². The monoisotopic (exact) mass is 316 g/mol. The highest BCUT2D eigenvalue weighted by molar-refractivity contribution is 5.90. The van der Waals surface area contributed by atoms with E-state index in [0.717, 1.165) is 11.1 Å². The average molecular weight is 316 g/mol. The topological polar surface area (TPSA) is 55.8 Å². The fraction of sp³-hybridized carbons (Fsp3) is 0.278. The SMILES string of the molecule is C[C@H]1OC(O)[C@@H](F)[C@@H]1OC(=O)c1ccc(-c2ccccc2)cc1. The van der Waals surface area contributed by atoms with Crippen molar-refractivity contribution in [3.63, 3.8) is 0 Å². The molecule has 0 saturated carbocycles. The average Bonchev–Trinajstić information content (AvgIpc) is 2.82. The summed E-state index contributed by atoms with van der Waals surface area (Å²) in [4.78, 5) is 12.1. The van der Waals surface area contributed by atoms with Crippen molar-refractivity contribution in [1.29, 1.82) is 0 Å². The highest BCUT2D eigenvalue weighted by Gasteiger charge is 2.44. The maximum atomic E-state index is 13.7. The van der Waals surface area contributed by atoms with E-state index >= 15 is 0 Å². The summed E-state index contributed by atoms with van der Waals surface area (Å²) in [6.45, 7) is 1.55. The zero-order valence-corrected chi connectivity index (χ0v) is 12.6. The van der Waals surface area contributed by atoms with E-state index in [1.54, 1.807) is 19.1 Å². The van der Waals surface area contributed by atoms with Crippen LogP contribution in [0, 0.1) is 0 Å². The molecule has 0 amide bonds. The zero-order valence-electron chi connectivity index (χ0n) is 12.6. The number of carbonyl (C=O) groups excluding carboxylic acids is 1. The lowest BCUT2D eigenvalue weighted by Gasteiger charge is -2.16. The van der Waals surface area contributed by atoms with Gasteiger partial charge in [0.05, 0.1) is 11.7 Å². The van der Waals surface area contributed by atoms with Crippen molar-refractivity contribution in [2.45, 2.75) is 31.6 Å². The normalized spacial score (nSPS) is 26.9. The van der Waals surface area contributed by atoms with Gasteiger partial charge in [0.25, 0.3) is 0 Å². The van der Waals surface area contributed by atoms with Crippen LogP contribution in [0.3, 0.4) is 0 Å². The third-order valence-electron chi connectivity index (χ3n) is 3.87. The number of aliphatic hydroxyl groups excluding tert-OH is 1. The molecule has 1 saturated heterocycles. The molecule has 1 aliphatic heterocycles. The van der Waals surface area contributed by atoms with Crippen LogP contribution in [0.1, 0.15) is 17.3 Å². The lowest BCUT2D eigenvalue weighted by Crippen LogP contribution is -2.33. The van der Waals surface area contributed by atoms with Crippen LogP contribution in [0.4, 0.5) is 4.39 Å². The summed E-state index contributed by atoms with van der Waals surface area (Å²) in [6, 6.07) is 16.6. The Kier molecular flexibility index (Phi) is 4.41. The highest BCUT2D eigenvalue weighted by Crippen LogP contribution is 2.26. The van der Waals surface area contributed by atoms with Gasteiger partial charge in [-0.3, -0.25) is 0 Å². The predicted octanol–water partition coefficient (Wildman–Crippen LogP) is 2.95. The first-order chi connectivity index (χ1) is 11.1. The number of halogens is 1. The first-order valence-electron chi connectivity index (χ1n) is 7.40. The third-order valence-corrected chi connectivity index (χ3v) is 3.87. The molecule has 0 radical (unpaired) electrons. The zero-order chi connectivity index (χ0) is 16.4. The number of esters is 1. The largest absolute Gasteiger partial charge is 0.453 e. The Bertz CT molecular complexity index is 671. The number of aliphatic hydroxyl groups is 1. The Balaban J connectivity index is 1.71. The number of alkyl halides is 1. The Morgan fingerprint density at radius 3 is 2.26 bits per heavy atom. The predicted molar refractivity (Wildman–Crippen MR) is 82.5 cm³/mol. The number of benzene rings is 2. The number of hydrogen-bond acceptors (Lipinski definition) is 4. The Labute approximate surface area is 133 Å². The number of rotatable bonds is 3. The van der Waals surface area contributed by atoms with E-state index in [4.69, 9.17) is 9.47 Å². The molecule has 4 atom stereocenters. The van der Waals surface area contributed by atoms with E-state index in [2.05, 4.69) is 0 Å². The van der Waals surface area contributed by atoms with Crippen molar-refractivity contribution in [1.82, 2.24) is 0 Å². The van der Waals surface area contributed by atoms with Gasteiger partial charge in [-0.05, 0) is 30.2 Å². The van der Waals surface area contributed by atoms with E-state index in [1.807, 2.05) is 42.5 Å². The van der Waals surface area contributed by atoms with Gasteiger partial charge in [0, 0.05) is 0 Å². The second kappa shape index (κ2) is 6.48. The fourth-order valence-corrected chi connectivity index (χ4v) is 2.58. The summed E-state index contributed by atoms with van der Waals surface area (Å²) in [6.07, 6.45) is -5.08. The van der Waals surface area contributed by atoms with Crippen LogP contribution in [0.5, 0.6) is 0 Å². The number of ether oxygens (including phenoxy) is 2. The smallest absolute Gasteiger partial charge is 0.338 e. The van der Waals surface area contributed by atoms with Crippen molar-refractivity contribution in [2.75, 3.05) is 0 Å². The van der Waals surface area contributed by atoms with Crippen LogP contribution < -0.4 is 0 Å². The molecule has 0 aromatic heterocycles. The van der Waals surface area contributed by atoms with Crippen molar-refractivity contribution >= 4 is 5.97 Å². The molecule has 120 valence electrons. The van der Waals surface area contributed by atoms with Gasteiger partial charge in [-0.15, -0.1) is 0 Å². The van der Waals surface area contributed by atoms with Crippen molar-refractivity contribution in [2.24, 2.45) is 0 Å². The summed E-state index contributed by atoms with van der Waals surface area (Å²) < 4.78 is 23.8. The standard InChI is InChI=1S/C18H17FO4/c1-11-16(15(19)18(21)22-11)23-17(20)14-9-7-13(8-10-14)12-5-3-2-4-6-12/h2-11,15-16,18,21H,1H3/t11-,15+,16-,18?/m1/s1. The van der Waals surface area contributed by atoms with Gasteiger partial charge in [0.1, 0.15) is 0 Å². The fourth-order valence-electron chi connectivity index (χ4n) is 2.58. The molecule has 4 nitrogen and oxygen atoms in total. The van der Waals surface area contributed by atoms with E-state index in [0.29, 0.717) is 5.56 Å². The summed E-state index contributed by atoms with van der Waals surface area (Å²) in [5, 5.41) is 9.30. The van der Waals surface area contributed by atoms with Gasteiger partial charge < -0.3 is 14.6 Å². The Morgan fingerprint density at radius 1 is 1.09 bits per heavy atom. The minimum absolute atomic E-state index is 0.325. The van der Waals surface area contributed by atoms with Gasteiger partial charge >= 0.3 is 5.97 Å². The molecule has 1 fully saturated rings. The molecule has 1 unspecified atom stereocenters. The van der Waals surface area contributed by atoms with E-state index in [-0.39, 0.29) is 0 Å².